The van der Waals surface area contributed by atoms with E-state index in [9.17, 15) is 9.59 Å². The Balaban J connectivity index is 2.22. The molecule has 7 nitrogen and oxygen atoms in total. The molecule has 192 valence electrons. The van der Waals surface area contributed by atoms with E-state index in [4.69, 9.17) is 23.7 Å². The summed E-state index contributed by atoms with van der Waals surface area (Å²) in [6.07, 6.45) is 0.530. The maximum Gasteiger partial charge on any atom is 0.366 e. The molecule has 0 saturated carbocycles. The van der Waals surface area contributed by atoms with E-state index in [-0.39, 0.29) is 60.7 Å². The minimum Gasteiger partial charge on any atom is -0.465 e. The van der Waals surface area contributed by atoms with Crippen LogP contribution in [0.15, 0.2) is 0 Å². The molecule has 0 N–H and O–H groups in total. The lowest BCUT2D eigenvalue weighted by Gasteiger charge is -2.49. The molecule has 2 rings (SSSR count). The second kappa shape index (κ2) is 11.5. The summed E-state index contributed by atoms with van der Waals surface area (Å²) >= 11 is 0. The van der Waals surface area contributed by atoms with Gasteiger partial charge in [0.2, 0.25) is 0 Å². The van der Waals surface area contributed by atoms with Gasteiger partial charge < -0.3 is 23.7 Å². The van der Waals surface area contributed by atoms with Crippen molar-refractivity contribution in [3.63, 3.8) is 0 Å². The summed E-state index contributed by atoms with van der Waals surface area (Å²) in [4.78, 5) is 24.6. The van der Waals surface area contributed by atoms with Gasteiger partial charge in [-0.3, -0.25) is 4.79 Å². The van der Waals surface area contributed by atoms with E-state index in [1.165, 1.54) is 14.0 Å². The van der Waals surface area contributed by atoms with Crippen molar-refractivity contribution >= 4 is 11.9 Å². The minimum atomic E-state index is -1.45. The summed E-state index contributed by atoms with van der Waals surface area (Å²) in [5.41, 5.74) is 0. The third-order valence-corrected chi connectivity index (χ3v) is 8.46. The number of hydrogen-bond acceptors (Lipinski definition) is 7. The fourth-order valence-electron chi connectivity index (χ4n) is 5.37. The van der Waals surface area contributed by atoms with E-state index in [0.29, 0.717) is 18.3 Å². The standard InChI is InChI=1S/C26H46O7/c1-11-14(2)16(4)23-17(5)15(3)12-26(33-23,25(28)29-10)30-13-22-18(6)19(7)24(20(8)31-22)32-21(9)27/h14-20,22-24H,11-13H2,1-10H3/t14-,15-,16-,17-,18+,19+,20+,22?,23?,24?,26-/m1/s1. The molecule has 2 aliphatic rings. The molecule has 0 spiro atoms. The Hall–Kier alpha value is -1.18. The van der Waals surface area contributed by atoms with Crippen LogP contribution in [0.2, 0.25) is 0 Å². The van der Waals surface area contributed by atoms with E-state index in [1.807, 2.05) is 6.92 Å². The second-order valence-electron chi connectivity index (χ2n) is 10.6. The van der Waals surface area contributed by atoms with E-state index in [1.54, 1.807) is 0 Å². The molecule has 33 heavy (non-hydrogen) atoms. The van der Waals surface area contributed by atoms with Crippen LogP contribution in [0.1, 0.15) is 75.2 Å². The number of esters is 2. The molecule has 2 aliphatic heterocycles. The van der Waals surface area contributed by atoms with Gasteiger partial charge in [0, 0.05) is 19.3 Å². The van der Waals surface area contributed by atoms with Crippen molar-refractivity contribution < 1.29 is 33.3 Å². The quantitative estimate of drug-likeness (QED) is 0.479. The molecule has 2 fully saturated rings. The summed E-state index contributed by atoms with van der Waals surface area (Å²) in [5.74, 6) is -0.849. The maximum absolute atomic E-state index is 13.0. The second-order valence-corrected chi connectivity index (χ2v) is 10.6. The Morgan fingerprint density at radius 1 is 1.06 bits per heavy atom. The highest BCUT2D eigenvalue weighted by molar-refractivity contribution is 5.78. The molecule has 0 amide bonds. The molecule has 0 aromatic carbocycles. The predicted octanol–water partition coefficient (Wildman–Crippen LogP) is 4.61. The third-order valence-electron chi connectivity index (χ3n) is 8.46. The Labute approximate surface area is 200 Å². The number of carbonyl (C=O) groups is 2. The molecule has 0 aliphatic carbocycles. The van der Waals surface area contributed by atoms with Gasteiger partial charge in [-0.05, 0) is 36.5 Å². The van der Waals surface area contributed by atoms with Crippen molar-refractivity contribution in [3.05, 3.63) is 0 Å². The Bertz CT molecular complexity index is 667. The van der Waals surface area contributed by atoms with Crippen LogP contribution < -0.4 is 0 Å². The Morgan fingerprint density at radius 3 is 2.24 bits per heavy atom. The Morgan fingerprint density at radius 2 is 1.70 bits per heavy atom. The summed E-state index contributed by atoms with van der Waals surface area (Å²) in [6.45, 7) is 18.6. The highest BCUT2D eigenvalue weighted by atomic mass is 16.7. The molecule has 0 bridgehead atoms. The van der Waals surface area contributed by atoms with Crippen LogP contribution in [-0.4, -0.2) is 55.9 Å². The van der Waals surface area contributed by atoms with E-state index < -0.39 is 11.8 Å². The first-order chi connectivity index (χ1) is 15.4. The van der Waals surface area contributed by atoms with Crippen molar-refractivity contribution in [2.75, 3.05) is 13.7 Å². The largest absolute Gasteiger partial charge is 0.465 e. The highest BCUT2D eigenvalue weighted by Crippen LogP contribution is 2.43. The van der Waals surface area contributed by atoms with Gasteiger partial charge in [-0.25, -0.2) is 4.79 Å². The van der Waals surface area contributed by atoms with Gasteiger partial charge in [0.25, 0.3) is 5.79 Å². The van der Waals surface area contributed by atoms with Crippen LogP contribution in [0.3, 0.4) is 0 Å². The van der Waals surface area contributed by atoms with Crippen LogP contribution in [0.5, 0.6) is 0 Å². The molecule has 0 radical (unpaired) electrons. The molecule has 7 heteroatoms. The van der Waals surface area contributed by atoms with E-state index >= 15 is 0 Å². The van der Waals surface area contributed by atoms with Crippen molar-refractivity contribution in [1.82, 2.24) is 0 Å². The summed E-state index contributed by atoms with van der Waals surface area (Å²) in [7, 11) is 1.38. The number of rotatable bonds is 8. The first-order valence-corrected chi connectivity index (χ1v) is 12.6. The lowest BCUT2D eigenvalue weighted by atomic mass is 9.74. The number of ether oxygens (including phenoxy) is 5. The SMILES string of the molecule is CC[C@@H](C)[C@@H](C)C1O[C@@](OCC2O[C@@H](C)C(OC(C)=O)[C@@H](C)[C@@H]2C)(C(=O)OC)C[C@@H](C)[C@H]1C. The zero-order chi connectivity index (χ0) is 25.1. The van der Waals surface area contributed by atoms with Gasteiger partial charge in [0.15, 0.2) is 0 Å². The van der Waals surface area contributed by atoms with Crippen LogP contribution in [-0.2, 0) is 33.3 Å². The first kappa shape index (κ1) is 28.1. The lowest BCUT2D eigenvalue weighted by Crippen LogP contribution is -2.58. The van der Waals surface area contributed by atoms with Crippen LogP contribution in [0.4, 0.5) is 0 Å². The van der Waals surface area contributed by atoms with Gasteiger partial charge in [0.05, 0.1) is 32.0 Å². The first-order valence-electron chi connectivity index (χ1n) is 12.6. The van der Waals surface area contributed by atoms with Gasteiger partial charge in [-0.15, -0.1) is 0 Å². The van der Waals surface area contributed by atoms with Gasteiger partial charge >= 0.3 is 11.9 Å². The molecule has 3 unspecified atom stereocenters. The lowest BCUT2D eigenvalue weighted by molar-refractivity contribution is -0.315. The molecule has 0 aromatic heterocycles. The average molecular weight is 471 g/mol. The highest BCUT2D eigenvalue weighted by Gasteiger charge is 2.54. The zero-order valence-electron chi connectivity index (χ0n) is 22.3. The van der Waals surface area contributed by atoms with Crippen molar-refractivity contribution in [3.8, 4) is 0 Å². The molecular weight excluding hydrogens is 424 g/mol. The van der Waals surface area contributed by atoms with Gasteiger partial charge in [-0.2, -0.15) is 0 Å². The fraction of sp³-hybridized carbons (Fsp3) is 0.923. The van der Waals surface area contributed by atoms with E-state index in [2.05, 4.69) is 48.5 Å². The van der Waals surface area contributed by atoms with Crippen LogP contribution >= 0.6 is 0 Å². The van der Waals surface area contributed by atoms with E-state index in [0.717, 1.165) is 6.42 Å². The Kier molecular flexibility index (Phi) is 9.78. The summed E-state index contributed by atoms with van der Waals surface area (Å²) in [6, 6.07) is 0. The van der Waals surface area contributed by atoms with Crippen molar-refractivity contribution in [2.45, 2.75) is 105 Å². The van der Waals surface area contributed by atoms with Gasteiger partial charge in [0.1, 0.15) is 6.10 Å². The number of hydrogen-bond donors (Lipinski definition) is 0. The molecule has 11 atom stereocenters. The maximum atomic E-state index is 13.0. The van der Waals surface area contributed by atoms with Crippen molar-refractivity contribution in [1.29, 1.82) is 0 Å². The van der Waals surface area contributed by atoms with Crippen LogP contribution in [0, 0.1) is 35.5 Å². The van der Waals surface area contributed by atoms with Crippen LogP contribution in [0.25, 0.3) is 0 Å². The molecular formula is C26H46O7. The number of methoxy groups -OCH3 is 1. The summed E-state index contributed by atoms with van der Waals surface area (Å²) < 4.78 is 29.7. The average Bonchev–Trinajstić information content (AvgIpc) is 2.78. The van der Waals surface area contributed by atoms with Crippen molar-refractivity contribution in [2.24, 2.45) is 35.5 Å². The minimum absolute atomic E-state index is 0.0648. The summed E-state index contributed by atoms with van der Waals surface area (Å²) in [5, 5.41) is 0. The fourth-order valence-corrected chi connectivity index (χ4v) is 5.37. The third kappa shape index (κ3) is 6.09. The normalized spacial score (nSPS) is 41.2. The number of carbonyl (C=O) groups excluding carboxylic acids is 2. The predicted molar refractivity (Wildman–Crippen MR) is 125 cm³/mol. The topological polar surface area (TPSA) is 80.3 Å². The molecule has 0 aromatic rings. The zero-order valence-corrected chi connectivity index (χ0v) is 22.3. The monoisotopic (exact) mass is 470 g/mol. The molecule has 2 saturated heterocycles. The smallest absolute Gasteiger partial charge is 0.366 e. The molecule has 2 heterocycles. The van der Waals surface area contributed by atoms with Gasteiger partial charge in [-0.1, -0.05) is 54.9 Å².